The van der Waals surface area contributed by atoms with E-state index in [1.165, 1.54) is 109 Å². The van der Waals surface area contributed by atoms with Crippen LogP contribution in [-0.2, 0) is 6.42 Å². The molecule has 0 unspecified atom stereocenters. The van der Waals surface area contributed by atoms with E-state index in [4.69, 9.17) is 0 Å². The predicted octanol–water partition coefficient (Wildman–Crippen LogP) is 9.09. The summed E-state index contributed by atoms with van der Waals surface area (Å²) in [5, 5.41) is 0. The molecule has 0 nitrogen and oxygen atoms in total. The van der Waals surface area contributed by atoms with Crippen molar-refractivity contribution in [1.82, 2.24) is 0 Å². The fourth-order valence-corrected chi connectivity index (χ4v) is 7.06. The molecule has 1 aromatic rings. The first-order valence-electron chi connectivity index (χ1n) is 13.0. The highest BCUT2D eigenvalue weighted by Gasteiger charge is 2.32. The van der Waals surface area contributed by atoms with Crippen molar-refractivity contribution < 1.29 is 0 Å². The molecule has 28 heavy (non-hydrogen) atoms. The van der Waals surface area contributed by atoms with Crippen molar-refractivity contribution in [3.05, 3.63) is 33.9 Å². The van der Waals surface area contributed by atoms with Crippen molar-refractivity contribution in [1.29, 1.82) is 0 Å². The van der Waals surface area contributed by atoms with Gasteiger partial charge < -0.3 is 0 Å². The molecule has 4 rings (SSSR count). The van der Waals surface area contributed by atoms with Gasteiger partial charge in [0, 0.05) is 0 Å². The van der Waals surface area contributed by atoms with E-state index in [1.807, 2.05) is 16.7 Å². The summed E-state index contributed by atoms with van der Waals surface area (Å²) in [7, 11) is 0. The van der Waals surface area contributed by atoms with Gasteiger partial charge in [0.25, 0.3) is 0 Å². The maximum absolute atomic E-state index is 2.67. The summed E-state index contributed by atoms with van der Waals surface area (Å²) in [5.74, 6) is 2.61. The van der Waals surface area contributed by atoms with E-state index in [-0.39, 0.29) is 0 Å². The van der Waals surface area contributed by atoms with E-state index in [2.05, 4.69) is 19.9 Å². The third-order valence-corrected chi connectivity index (χ3v) is 8.30. The van der Waals surface area contributed by atoms with Crippen LogP contribution in [0.25, 0.3) is 0 Å². The Kier molecular flexibility index (Phi) is 7.18. The second-order valence-corrected chi connectivity index (χ2v) is 10.3. The van der Waals surface area contributed by atoms with Gasteiger partial charge in [-0.2, -0.15) is 0 Å². The van der Waals surface area contributed by atoms with Gasteiger partial charge in [-0.05, 0) is 97.4 Å². The lowest BCUT2D eigenvalue weighted by Crippen LogP contribution is -2.20. The first-order valence-corrected chi connectivity index (χ1v) is 13.0. The first kappa shape index (κ1) is 20.5. The molecule has 3 aliphatic carbocycles. The van der Waals surface area contributed by atoms with Crippen LogP contribution in [0.1, 0.15) is 155 Å². The molecule has 0 spiro atoms. The van der Waals surface area contributed by atoms with Crippen LogP contribution in [0.2, 0.25) is 0 Å². The molecule has 0 amide bonds. The fourth-order valence-electron chi connectivity index (χ4n) is 7.06. The van der Waals surface area contributed by atoms with E-state index in [1.54, 1.807) is 11.1 Å². The van der Waals surface area contributed by atoms with Crippen molar-refractivity contribution in [2.45, 2.75) is 141 Å². The van der Waals surface area contributed by atoms with Crippen molar-refractivity contribution in [2.75, 3.05) is 0 Å². The molecular weight excluding hydrogens is 336 g/mol. The quantitative estimate of drug-likeness (QED) is 0.477. The molecule has 0 aliphatic heterocycles. The average molecular weight is 381 g/mol. The van der Waals surface area contributed by atoms with Crippen LogP contribution in [0.4, 0.5) is 0 Å². The third kappa shape index (κ3) is 4.36. The van der Waals surface area contributed by atoms with E-state index in [0.29, 0.717) is 0 Å². The average Bonchev–Trinajstić information content (AvgIpc) is 2.75. The molecule has 0 saturated heterocycles. The molecule has 3 aliphatic rings. The van der Waals surface area contributed by atoms with Gasteiger partial charge in [-0.15, -0.1) is 0 Å². The van der Waals surface area contributed by atoms with Crippen LogP contribution < -0.4 is 0 Å². The van der Waals surface area contributed by atoms with Crippen LogP contribution in [-0.4, -0.2) is 0 Å². The van der Waals surface area contributed by atoms with Crippen LogP contribution in [0.5, 0.6) is 0 Å². The van der Waals surface area contributed by atoms with Gasteiger partial charge in [0.05, 0.1) is 0 Å². The number of hydrogen-bond donors (Lipinski definition) is 0. The number of hydrogen-bond acceptors (Lipinski definition) is 0. The summed E-state index contributed by atoms with van der Waals surface area (Å²) >= 11 is 0. The maximum Gasteiger partial charge on any atom is -0.0156 e. The third-order valence-electron chi connectivity index (χ3n) is 8.30. The Morgan fingerprint density at radius 2 is 1.04 bits per heavy atom. The zero-order valence-electron chi connectivity index (χ0n) is 18.8. The van der Waals surface area contributed by atoms with Crippen LogP contribution in [0, 0.1) is 6.92 Å². The van der Waals surface area contributed by atoms with Gasteiger partial charge in [-0.25, -0.2) is 0 Å². The smallest absolute Gasteiger partial charge is 0.0156 e. The van der Waals surface area contributed by atoms with Gasteiger partial charge in [-0.1, -0.05) is 77.2 Å². The fraction of sp³-hybridized carbons (Fsp3) is 0.786. The molecule has 3 fully saturated rings. The van der Waals surface area contributed by atoms with Crippen molar-refractivity contribution in [3.8, 4) is 0 Å². The Labute approximate surface area is 174 Å². The van der Waals surface area contributed by atoms with Gasteiger partial charge in [0.2, 0.25) is 0 Å². The number of aryl methyl sites for hydroxylation is 2. The summed E-state index contributed by atoms with van der Waals surface area (Å²) in [6.07, 6.45) is 24.6. The van der Waals surface area contributed by atoms with E-state index in [9.17, 15) is 0 Å². The highest BCUT2D eigenvalue weighted by atomic mass is 14.4. The lowest BCUT2D eigenvalue weighted by Gasteiger charge is -2.37. The Balaban J connectivity index is 1.85. The van der Waals surface area contributed by atoms with Crippen LogP contribution >= 0.6 is 0 Å². The number of benzene rings is 1. The van der Waals surface area contributed by atoms with E-state index in [0.717, 1.165) is 17.8 Å². The van der Waals surface area contributed by atoms with Gasteiger partial charge >= 0.3 is 0 Å². The highest BCUT2D eigenvalue weighted by molar-refractivity contribution is 5.51. The molecule has 0 radical (unpaired) electrons. The number of rotatable bonds is 5. The monoisotopic (exact) mass is 380 g/mol. The van der Waals surface area contributed by atoms with Crippen molar-refractivity contribution in [3.63, 3.8) is 0 Å². The lowest BCUT2D eigenvalue weighted by atomic mass is 9.68. The molecule has 3 saturated carbocycles. The first-order chi connectivity index (χ1) is 13.8. The Morgan fingerprint density at radius 3 is 1.50 bits per heavy atom. The van der Waals surface area contributed by atoms with Gasteiger partial charge in [0.15, 0.2) is 0 Å². The molecule has 0 heteroatoms. The molecule has 0 N–H and O–H groups in total. The minimum Gasteiger partial charge on any atom is -0.0651 e. The predicted molar refractivity (Wildman–Crippen MR) is 123 cm³/mol. The second kappa shape index (κ2) is 9.82. The minimum atomic E-state index is 0.865. The summed E-state index contributed by atoms with van der Waals surface area (Å²) in [6, 6.07) is 2.67. The van der Waals surface area contributed by atoms with Crippen molar-refractivity contribution >= 4 is 0 Å². The lowest BCUT2D eigenvalue weighted by molar-refractivity contribution is 0.402. The Bertz CT molecular complexity index is 622. The topological polar surface area (TPSA) is 0 Å². The summed E-state index contributed by atoms with van der Waals surface area (Å²) in [5.41, 5.74) is 9.12. The van der Waals surface area contributed by atoms with E-state index < -0.39 is 0 Å². The maximum atomic E-state index is 2.67. The summed E-state index contributed by atoms with van der Waals surface area (Å²) < 4.78 is 0. The zero-order chi connectivity index (χ0) is 19.3. The largest absolute Gasteiger partial charge is 0.0651 e. The summed E-state index contributed by atoms with van der Waals surface area (Å²) in [6.45, 7) is 4.86. The standard InChI is InChI=1S/C28H44/c1-3-13-25-20-21(2)26(22-14-7-4-8-15-22)28(24-18-11-6-12-19-24)27(25)23-16-9-5-10-17-23/h20,22-24H,3-19H2,1-2H3. The SMILES string of the molecule is CCCc1cc(C)c(C2CCCCC2)c(C2CCCCC2)c1C1CCCCC1. The molecular formula is C28H44. The normalized spacial score (nSPS) is 23.2. The Hall–Kier alpha value is -0.780. The second-order valence-electron chi connectivity index (χ2n) is 10.3. The molecule has 0 atom stereocenters. The summed E-state index contributed by atoms with van der Waals surface area (Å²) in [4.78, 5) is 0. The van der Waals surface area contributed by atoms with E-state index >= 15 is 0 Å². The van der Waals surface area contributed by atoms with Crippen molar-refractivity contribution in [2.24, 2.45) is 0 Å². The van der Waals surface area contributed by atoms with Gasteiger partial charge in [0.1, 0.15) is 0 Å². The molecule has 0 aromatic heterocycles. The van der Waals surface area contributed by atoms with Crippen LogP contribution in [0.15, 0.2) is 6.07 Å². The Morgan fingerprint density at radius 1 is 0.607 bits per heavy atom. The zero-order valence-corrected chi connectivity index (χ0v) is 18.8. The highest BCUT2D eigenvalue weighted by Crippen LogP contribution is 2.49. The molecule has 0 bridgehead atoms. The molecule has 1 aromatic carbocycles. The minimum absolute atomic E-state index is 0.865. The van der Waals surface area contributed by atoms with Gasteiger partial charge in [-0.3, -0.25) is 0 Å². The molecule has 156 valence electrons. The molecule has 0 heterocycles. The van der Waals surface area contributed by atoms with Crippen LogP contribution in [0.3, 0.4) is 0 Å².